The molecule has 0 spiro atoms. The van der Waals surface area contributed by atoms with Crippen LogP contribution in [0.5, 0.6) is 0 Å². The number of hydrogen-bond acceptors (Lipinski definition) is 2. The predicted molar refractivity (Wildman–Crippen MR) is 63.4 cm³/mol. The van der Waals surface area contributed by atoms with Crippen LogP contribution in [0.3, 0.4) is 0 Å². The SMILES string of the molecule is CC1(O)CCP(=O)(c2ccccc2)C1Cl. The van der Waals surface area contributed by atoms with Crippen molar-refractivity contribution < 1.29 is 9.67 Å². The fraction of sp³-hybridized carbons (Fsp3) is 0.455. The summed E-state index contributed by atoms with van der Waals surface area (Å²) < 4.78 is 12.7. The second kappa shape index (κ2) is 3.62. The smallest absolute Gasteiger partial charge is 0.135 e. The van der Waals surface area contributed by atoms with Gasteiger partial charge in [-0.1, -0.05) is 30.3 Å². The lowest BCUT2D eigenvalue weighted by Gasteiger charge is -2.23. The molecule has 3 atom stereocenters. The number of aliphatic hydroxyl groups is 1. The van der Waals surface area contributed by atoms with E-state index < -0.39 is 17.9 Å². The summed E-state index contributed by atoms with van der Waals surface area (Å²) >= 11 is 6.13. The van der Waals surface area contributed by atoms with Crippen LogP contribution in [0.25, 0.3) is 0 Å². The first-order valence-corrected chi connectivity index (χ1v) is 7.37. The molecule has 0 saturated carbocycles. The molecule has 4 heteroatoms. The van der Waals surface area contributed by atoms with Crippen LogP contribution in [0.1, 0.15) is 13.3 Å². The fourth-order valence-electron chi connectivity index (χ4n) is 2.01. The molecule has 82 valence electrons. The Morgan fingerprint density at radius 1 is 1.47 bits per heavy atom. The molecule has 1 aromatic carbocycles. The van der Waals surface area contributed by atoms with Crippen LogP contribution in [0.2, 0.25) is 0 Å². The van der Waals surface area contributed by atoms with Crippen molar-refractivity contribution in [2.24, 2.45) is 0 Å². The van der Waals surface area contributed by atoms with Crippen molar-refractivity contribution in [3.63, 3.8) is 0 Å². The predicted octanol–water partition coefficient (Wildman–Crippen LogP) is 2.39. The average Bonchev–Trinajstić information content (AvgIpc) is 2.45. The van der Waals surface area contributed by atoms with Crippen molar-refractivity contribution in [2.45, 2.75) is 24.1 Å². The first-order valence-electron chi connectivity index (χ1n) is 4.98. The van der Waals surface area contributed by atoms with Gasteiger partial charge >= 0.3 is 0 Å². The first kappa shape index (κ1) is 11.2. The van der Waals surface area contributed by atoms with E-state index in [0.717, 1.165) is 5.30 Å². The zero-order chi connectivity index (χ0) is 11.1. The van der Waals surface area contributed by atoms with E-state index in [1.54, 1.807) is 6.92 Å². The Morgan fingerprint density at radius 3 is 2.53 bits per heavy atom. The van der Waals surface area contributed by atoms with Gasteiger partial charge in [-0.3, -0.25) is 0 Å². The van der Waals surface area contributed by atoms with Crippen LogP contribution in [0, 0.1) is 0 Å². The van der Waals surface area contributed by atoms with E-state index in [9.17, 15) is 9.67 Å². The molecule has 1 heterocycles. The summed E-state index contributed by atoms with van der Waals surface area (Å²) in [7, 11) is -2.62. The summed E-state index contributed by atoms with van der Waals surface area (Å²) in [6, 6.07) is 9.25. The number of alkyl halides is 1. The van der Waals surface area contributed by atoms with Gasteiger partial charge in [0.2, 0.25) is 0 Å². The van der Waals surface area contributed by atoms with Gasteiger partial charge in [0.15, 0.2) is 0 Å². The van der Waals surface area contributed by atoms with Gasteiger partial charge in [0, 0.05) is 11.5 Å². The van der Waals surface area contributed by atoms with Crippen molar-refractivity contribution >= 4 is 24.0 Å². The van der Waals surface area contributed by atoms with Gasteiger partial charge in [-0.25, -0.2) is 0 Å². The van der Waals surface area contributed by atoms with E-state index >= 15 is 0 Å². The zero-order valence-electron chi connectivity index (χ0n) is 8.56. The summed E-state index contributed by atoms with van der Waals surface area (Å²) in [5, 5.41) is 10.1. The van der Waals surface area contributed by atoms with E-state index in [-0.39, 0.29) is 0 Å². The molecule has 0 radical (unpaired) electrons. The number of benzene rings is 1. The van der Waals surface area contributed by atoms with Gasteiger partial charge in [0.1, 0.15) is 12.3 Å². The Labute approximate surface area is 94.6 Å². The Kier molecular flexibility index (Phi) is 2.70. The molecule has 0 aromatic heterocycles. The second-order valence-electron chi connectivity index (χ2n) is 4.30. The zero-order valence-corrected chi connectivity index (χ0v) is 10.2. The molecule has 3 unspecified atom stereocenters. The van der Waals surface area contributed by atoms with E-state index in [0.29, 0.717) is 12.6 Å². The third-order valence-electron chi connectivity index (χ3n) is 3.02. The maximum atomic E-state index is 12.7. The summed E-state index contributed by atoms with van der Waals surface area (Å²) in [5.41, 5.74) is -1.01. The molecular formula is C11H14ClO2P. The minimum atomic E-state index is -2.62. The van der Waals surface area contributed by atoms with Crippen LogP contribution >= 0.6 is 18.7 Å². The maximum absolute atomic E-state index is 12.7. The highest BCUT2D eigenvalue weighted by atomic mass is 35.5. The third kappa shape index (κ3) is 1.75. The molecule has 0 bridgehead atoms. The molecule has 1 N–H and O–H groups in total. The minimum Gasteiger partial charge on any atom is -0.388 e. The molecule has 2 nitrogen and oxygen atoms in total. The lowest BCUT2D eigenvalue weighted by atomic mass is 10.1. The van der Waals surface area contributed by atoms with Crippen LogP contribution in [0.15, 0.2) is 30.3 Å². The Morgan fingerprint density at radius 2 is 2.07 bits per heavy atom. The standard InChI is InChI=1S/C11H14ClO2P/c1-11(13)7-8-15(14,10(11)12)9-5-3-2-4-6-9/h2-6,10,13H,7-8H2,1H3. The Bertz CT molecular complexity index is 402. The van der Waals surface area contributed by atoms with Crippen molar-refractivity contribution in [1.29, 1.82) is 0 Å². The number of hydrogen-bond donors (Lipinski definition) is 1. The van der Waals surface area contributed by atoms with E-state index in [2.05, 4.69) is 0 Å². The molecule has 1 saturated heterocycles. The molecule has 1 aromatic rings. The highest BCUT2D eigenvalue weighted by Gasteiger charge is 2.51. The van der Waals surface area contributed by atoms with Crippen LogP contribution in [-0.4, -0.2) is 22.0 Å². The van der Waals surface area contributed by atoms with Crippen LogP contribution in [-0.2, 0) is 4.57 Å². The number of halogens is 1. The van der Waals surface area contributed by atoms with Crippen molar-refractivity contribution in [2.75, 3.05) is 6.16 Å². The number of rotatable bonds is 1. The molecule has 0 amide bonds. The molecule has 15 heavy (non-hydrogen) atoms. The molecule has 1 aliphatic rings. The van der Waals surface area contributed by atoms with Gasteiger partial charge in [-0.15, -0.1) is 11.6 Å². The van der Waals surface area contributed by atoms with Crippen LogP contribution < -0.4 is 5.30 Å². The molecular weight excluding hydrogens is 231 g/mol. The highest BCUT2D eigenvalue weighted by molar-refractivity contribution is 7.74. The third-order valence-corrected chi connectivity index (χ3v) is 7.79. The van der Waals surface area contributed by atoms with Gasteiger partial charge in [0.25, 0.3) is 0 Å². The molecule has 2 rings (SSSR count). The van der Waals surface area contributed by atoms with E-state index in [4.69, 9.17) is 11.6 Å². The monoisotopic (exact) mass is 244 g/mol. The quantitative estimate of drug-likeness (QED) is 0.608. The Balaban J connectivity index is 2.42. The summed E-state index contributed by atoms with van der Waals surface area (Å²) in [4.78, 5) is 0. The topological polar surface area (TPSA) is 37.3 Å². The van der Waals surface area contributed by atoms with Crippen molar-refractivity contribution in [3.8, 4) is 0 Å². The van der Waals surface area contributed by atoms with Gasteiger partial charge in [-0.2, -0.15) is 0 Å². The van der Waals surface area contributed by atoms with Crippen molar-refractivity contribution in [1.82, 2.24) is 0 Å². The van der Waals surface area contributed by atoms with Crippen LogP contribution in [0.4, 0.5) is 0 Å². The van der Waals surface area contributed by atoms with E-state index in [1.807, 2.05) is 30.3 Å². The van der Waals surface area contributed by atoms with Crippen molar-refractivity contribution in [3.05, 3.63) is 30.3 Å². The molecule has 1 fully saturated rings. The molecule has 1 aliphatic heterocycles. The Hall–Kier alpha value is -0.300. The van der Waals surface area contributed by atoms with Gasteiger partial charge in [0.05, 0.1) is 5.60 Å². The largest absolute Gasteiger partial charge is 0.388 e. The van der Waals surface area contributed by atoms with Gasteiger partial charge < -0.3 is 9.67 Å². The average molecular weight is 245 g/mol. The fourth-order valence-corrected chi connectivity index (χ4v) is 5.99. The lowest BCUT2D eigenvalue weighted by molar-refractivity contribution is 0.0789. The highest BCUT2D eigenvalue weighted by Crippen LogP contribution is 2.62. The molecule has 0 aliphatic carbocycles. The second-order valence-corrected chi connectivity index (χ2v) is 8.11. The minimum absolute atomic E-state index is 0.498. The normalized spacial score (nSPS) is 40.6. The lowest BCUT2D eigenvalue weighted by Crippen LogP contribution is -2.30. The van der Waals surface area contributed by atoms with E-state index in [1.165, 1.54) is 0 Å². The van der Waals surface area contributed by atoms with Gasteiger partial charge in [-0.05, 0) is 13.3 Å². The summed E-state index contributed by atoms with van der Waals surface area (Å²) in [6.07, 6.45) is 1.01. The summed E-state index contributed by atoms with van der Waals surface area (Å²) in [6.45, 7) is 1.66. The maximum Gasteiger partial charge on any atom is 0.135 e. The summed E-state index contributed by atoms with van der Waals surface area (Å²) in [5.74, 6) is 0. The first-order chi connectivity index (χ1) is 6.97.